The zero-order chi connectivity index (χ0) is 22.3. The first-order valence-corrected chi connectivity index (χ1v) is 11.1. The molecule has 1 aliphatic rings. The summed E-state index contributed by atoms with van der Waals surface area (Å²) < 4.78 is 0. The Hall–Kier alpha value is -2.86. The van der Waals surface area contributed by atoms with E-state index >= 15 is 0 Å². The van der Waals surface area contributed by atoms with Gasteiger partial charge in [0, 0.05) is 32.2 Å². The van der Waals surface area contributed by atoms with Gasteiger partial charge in [-0.15, -0.1) is 0 Å². The maximum atomic E-state index is 14.1. The Morgan fingerprint density at radius 2 is 1.58 bits per heavy atom. The second-order valence-electron chi connectivity index (χ2n) is 8.10. The van der Waals surface area contributed by atoms with Crippen molar-refractivity contribution in [3.63, 3.8) is 0 Å². The Bertz CT molecular complexity index is 813. The molecule has 0 radical (unpaired) electrons. The van der Waals surface area contributed by atoms with Gasteiger partial charge in [-0.1, -0.05) is 60.7 Å². The molecule has 0 aromatic heterocycles. The summed E-state index contributed by atoms with van der Waals surface area (Å²) in [6, 6.07) is 20.1. The van der Waals surface area contributed by atoms with Crippen molar-refractivity contribution in [2.45, 2.75) is 38.1 Å². The maximum Gasteiger partial charge on any atom is 0.404 e. The smallest absolute Gasteiger partial charge is 0.404 e. The average molecular weight is 424 g/mol. The van der Waals surface area contributed by atoms with Crippen LogP contribution in [0.3, 0.4) is 0 Å². The molecule has 2 aromatic carbocycles. The van der Waals surface area contributed by atoms with Gasteiger partial charge < -0.3 is 20.2 Å². The highest BCUT2D eigenvalue weighted by Crippen LogP contribution is 2.38. The minimum Gasteiger partial charge on any atom is -0.465 e. The van der Waals surface area contributed by atoms with Crippen molar-refractivity contribution in [1.29, 1.82) is 0 Å². The lowest BCUT2D eigenvalue weighted by Crippen LogP contribution is -2.49. The van der Waals surface area contributed by atoms with E-state index in [1.165, 1.54) is 0 Å². The molecule has 0 aliphatic carbocycles. The minimum atomic E-state index is -0.980. The van der Waals surface area contributed by atoms with Crippen molar-refractivity contribution in [1.82, 2.24) is 15.1 Å². The summed E-state index contributed by atoms with van der Waals surface area (Å²) in [5, 5.41) is 11.6. The van der Waals surface area contributed by atoms with Crippen LogP contribution in [0.25, 0.3) is 0 Å². The molecule has 31 heavy (non-hydrogen) atoms. The molecule has 2 aromatic rings. The van der Waals surface area contributed by atoms with Crippen LogP contribution in [0.15, 0.2) is 60.7 Å². The number of nitrogens with zero attached hydrogens (tertiary/aromatic N) is 2. The van der Waals surface area contributed by atoms with E-state index < -0.39 is 11.5 Å². The number of carbonyl (C=O) groups is 2. The van der Waals surface area contributed by atoms with E-state index in [0.717, 1.165) is 24.1 Å². The van der Waals surface area contributed by atoms with Crippen LogP contribution in [-0.4, -0.2) is 65.7 Å². The van der Waals surface area contributed by atoms with Crippen LogP contribution in [0.4, 0.5) is 4.79 Å². The maximum absolute atomic E-state index is 14.1. The van der Waals surface area contributed by atoms with Crippen molar-refractivity contribution >= 4 is 12.0 Å². The van der Waals surface area contributed by atoms with Gasteiger partial charge in [-0.25, -0.2) is 4.79 Å². The van der Waals surface area contributed by atoms with Crippen LogP contribution in [0.5, 0.6) is 0 Å². The molecule has 1 saturated heterocycles. The van der Waals surface area contributed by atoms with Gasteiger partial charge in [0.2, 0.25) is 5.91 Å². The summed E-state index contributed by atoms with van der Waals surface area (Å²) in [5.74, 6) is 0.120. The second kappa shape index (κ2) is 10.4. The van der Waals surface area contributed by atoms with Gasteiger partial charge >= 0.3 is 6.09 Å². The molecule has 2 N–H and O–H groups in total. The Morgan fingerprint density at radius 3 is 2.06 bits per heavy atom. The fraction of sp³-hybridized carbons (Fsp3) is 0.440. The van der Waals surface area contributed by atoms with Crippen molar-refractivity contribution in [2.75, 3.05) is 32.7 Å². The topological polar surface area (TPSA) is 72.9 Å². The van der Waals surface area contributed by atoms with Crippen LogP contribution in [0.2, 0.25) is 0 Å². The van der Waals surface area contributed by atoms with E-state index in [4.69, 9.17) is 5.11 Å². The van der Waals surface area contributed by atoms with E-state index in [2.05, 4.69) is 10.2 Å². The summed E-state index contributed by atoms with van der Waals surface area (Å²) in [7, 11) is 0. The molecule has 1 fully saturated rings. The highest BCUT2D eigenvalue weighted by molar-refractivity contribution is 5.92. The average Bonchev–Trinajstić information content (AvgIpc) is 3.23. The lowest BCUT2D eigenvalue weighted by Gasteiger charge is -2.39. The predicted molar refractivity (Wildman–Crippen MR) is 122 cm³/mol. The molecular weight excluding hydrogens is 390 g/mol. The standard InChI is InChI=1S/C25H33N3O3/c1-3-28(4-2)23(29)25(20-11-7-5-8-12-20,21-13-9-6-10-14-21)16-18-27-17-15-22(19-27)26-24(30)31/h5-14,22,26H,3-4,15-19H2,1-2H3,(H,30,31)/t22-/m0/s1. The van der Waals surface area contributed by atoms with Gasteiger partial charge in [0.1, 0.15) is 5.41 Å². The first-order chi connectivity index (χ1) is 15.0. The SMILES string of the molecule is CCN(CC)C(=O)C(CCN1CC[C@H](NC(=O)O)C1)(c1ccccc1)c1ccccc1. The third-order valence-corrected chi connectivity index (χ3v) is 6.35. The quantitative estimate of drug-likeness (QED) is 0.647. The van der Waals surface area contributed by atoms with E-state index in [-0.39, 0.29) is 11.9 Å². The zero-order valence-corrected chi connectivity index (χ0v) is 18.5. The van der Waals surface area contributed by atoms with Gasteiger partial charge in [0.25, 0.3) is 0 Å². The van der Waals surface area contributed by atoms with Crippen LogP contribution in [-0.2, 0) is 10.2 Å². The molecule has 0 unspecified atom stereocenters. The van der Waals surface area contributed by atoms with Gasteiger partial charge in [0.05, 0.1) is 0 Å². The molecule has 0 saturated carbocycles. The second-order valence-corrected chi connectivity index (χ2v) is 8.10. The summed E-state index contributed by atoms with van der Waals surface area (Å²) in [4.78, 5) is 29.2. The Balaban J connectivity index is 1.97. The monoisotopic (exact) mass is 423 g/mol. The summed E-state index contributed by atoms with van der Waals surface area (Å²) >= 11 is 0. The molecule has 166 valence electrons. The molecule has 1 heterocycles. The normalized spacial score (nSPS) is 16.8. The fourth-order valence-corrected chi connectivity index (χ4v) is 4.69. The van der Waals surface area contributed by atoms with Gasteiger partial charge in [-0.3, -0.25) is 4.79 Å². The highest BCUT2D eigenvalue weighted by Gasteiger charge is 2.44. The predicted octanol–water partition coefficient (Wildman–Crippen LogP) is 3.57. The lowest BCUT2D eigenvalue weighted by molar-refractivity contribution is -0.136. The molecule has 1 atom stereocenters. The summed E-state index contributed by atoms with van der Waals surface area (Å²) in [6.45, 7) is 7.57. The Labute approximate surface area is 184 Å². The number of likely N-dealkylation sites (tertiary alicyclic amines) is 1. The molecule has 1 aliphatic heterocycles. The molecular formula is C25H33N3O3. The largest absolute Gasteiger partial charge is 0.465 e. The number of hydrogen-bond donors (Lipinski definition) is 2. The van der Waals surface area contributed by atoms with E-state index in [0.29, 0.717) is 32.6 Å². The summed E-state index contributed by atoms with van der Waals surface area (Å²) in [6.07, 6.45) is 0.447. The summed E-state index contributed by atoms with van der Waals surface area (Å²) in [5.41, 5.74) is 1.21. The number of benzene rings is 2. The van der Waals surface area contributed by atoms with Crippen molar-refractivity contribution in [3.05, 3.63) is 71.8 Å². The number of amides is 2. The third-order valence-electron chi connectivity index (χ3n) is 6.35. The zero-order valence-electron chi connectivity index (χ0n) is 18.5. The minimum absolute atomic E-state index is 0.0566. The van der Waals surface area contributed by atoms with E-state index in [9.17, 15) is 9.59 Å². The number of nitrogens with one attached hydrogen (secondary N) is 1. The first-order valence-electron chi connectivity index (χ1n) is 11.1. The van der Waals surface area contributed by atoms with Gasteiger partial charge in [-0.05, 0) is 44.4 Å². The number of hydrogen-bond acceptors (Lipinski definition) is 3. The van der Waals surface area contributed by atoms with Gasteiger partial charge in [0.15, 0.2) is 0 Å². The van der Waals surface area contributed by atoms with Crippen molar-refractivity contribution in [3.8, 4) is 0 Å². The van der Waals surface area contributed by atoms with Crippen LogP contribution < -0.4 is 5.32 Å². The van der Waals surface area contributed by atoms with E-state index in [1.54, 1.807) is 0 Å². The molecule has 2 amide bonds. The highest BCUT2D eigenvalue weighted by atomic mass is 16.4. The number of carbonyl (C=O) groups excluding carboxylic acids is 1. The molecule has 3 rings (SSSR count). The number of likely N-dealkylation sites (N-methyl/N-ethyl adjacent to an activating group) is 1. The number of carboxylic acid groups (broad SMARTS) is 1. The molecule has 6 heteroatoms. The van der Waals surface area contributed by atoms with Crippen LogP contribution in [0.1, 0.15) is 37.8 Å². The molecule has 0 bridgehead atoms. The lowest BCUT2D eigenvalue weighted by atomic mass is 9.70. The van der Waals surface area contributed by atoms with E-state index in [1.807, 2.05) is 79.4 Å². The van der Waals surface area contributed by atoms with Crippen LogP contribution >= 0.6 is 0 Å². The van der Waals surface area contributed by atoms with Crippen LogP contribution in [0, 0.1) is 0 Å². The van der Waals surface area contributed by atoms with Crippen molar-refractivity contribution < 1.29 is 14.7 Å². The van der Waals surface area contributed by atoms with Crippen molar-refractivity contribution in [2.24, 2.45) is 0 Å². The Morgan fingerprint density at radius 1 is 1.03 bits per heavy atom. The molecule has 6 nitrogen and oxygen atoms in total. The Kier molecular flexibility index (Phi) is 7.69. The van der Waals surface area contributed by atoms with Gasteiger partial charge in [-0.2, -0.15) is 0 Å². The third kappa shape index (κ3) is 5.07. The molecule has 0 spiro atoms. The number of rotatable bonds is 9. The first kappa shape index (κ1) is 22.8. The fourth-order valence-electron chi connectivity index (χ4n) is 4.69.